The molecule has 2 aromatic rings. The highest BCUT2D eigenvalue weighted by Gasteiger charge is 2.11. The molecule has 0 unspecified atom stereocenters. The predicted octanol–water partition coefficient (Wildman–Crippen LogP) is 1.62. The van der Waals surface area contributed by atoms with Gasteiger partial charge in [0.15, 0.2) is 0 Å². The molecule has 18 heavy (non-hydrogen) atoms. The number of nitrogens with one attached hydrogen (secondary N) is 1. The van der Waals surface area contributed by atoms with Crippen LogP contribution in [-0.4, -0.2) is 14.5 Å². The zero-order valence-electron chi connectivity index (χ0n) is 10.0. The topological polar surface area (TPSA) is 73.0 Å². The number of aromatic nitrogens is 2. The molecule has 6 heteroatoms. The van der Waals surface area contributed by atoms with Gasteiger partial charge in [0, 0.05) is 38.0 Å². The van der Waals surface area contributed by atoms with Crippen molar-refractivity contribution in [2.24, 2.45) is 7.05 Å². The molecule has 0 aliphatic rings. The number of rotatable bonds is 5. The van der Waals surface area contributed by atoms with E-state index < -0.39 is 0 Å². The number of nitro groups is 1. The first-order valence-corrected chi connectivity index (χ1v) is 5.56. The highest BCUT2D eigenvalue weighted by molar-refractivity contribution is 5.39. The van der Waals surface area contributed by atoms with Gasteiger partial charge in [0.05, 0.1) is 16.9 Å². The zero-order chi connectivity index (χ0) is 13.0. The average Bonchev–Trinajstić information content (AvgIpc) is 2.76. The first-order chi connectivity index (χ1) is 8.68. The van der Waals surface area contributed by atoms with E-state index in [1.54, 1.807) is 30.7 Å². The van der Waals surface area contributed by atoms with Crippen LogP contribution in [0.25, 0.3) is 0 Å². The van der Waals surface area contributed by atoms with Crippen molar-refractivity contribution in [3.05, 3.63) is 58.2 Å². The molecular weight excluding hydrogens is 232 g/mol. The molecule has 0 aliphatic carbocycles. The van der Waals surface area contributed by atoms with E-state index in [0.29, 0.717) is 18.7 Å². The number of aryl methyl sites for hydroxylation is 1. The fourth-order valence-electron chi connectivity index (χ4n) is 1.72. The molecule has 0 atom stereocenters. The molecule has 94 valence electrons. The molecule has 0 spiro atoms. The summed E-state index contributed by atoms with van der Waals surface area (Å²) in [5.74, 6) is 0. The van der Waals surface area contributed by atoms with Crippen LogP contribution in [0.5, 0.6) is 0 Å². The Morgan fingerprint density at radius 3 is 2.83 bits per heavy atom. The zero-order valence-corrected chi connectivity index (χ0v) is 10.0. The predicted molar refractivity (Wildman–Crippen MR) is 66.8 cm³/mol. The van der Waals surface area contributed by atoms with Crippen molar-refractivity contribution in [1.82, 2.24) is 14.9 Å². The first-order valence-electron chi connectivity index (χ1n) is 5.56. The Labute approximate surface area is 104 Å². The van der Waals surface area contributed by atoms with E-state index in [4.69, 9.17) is 0 Å². The van der Waals surface area contributed by atoms with Crippen LogP contribution in [0.3, 0.4) is 0 Å². The molecule has 1 aromatic heterocycles. The Bertz CT molecular complexity index is 551. The minimum Gasteiger partial charge on any atom is -0.337 e. The molecule has 0 amide bonds. The summed E-state index contributed by atoms with van der Waals surface area (Å²) in [7, 11) is 1.91. The van der Waals surface area contributed by atoms with Gasteiger partial charge in [-0.1, -0.05) is 18.2 Å². The third-order valence-corrected chi connectivity index (χ3v) is 2.73. The summed E-state index contributed by atoms with van der Waals surface area (Å²) in [6, 6.07) is 6.74. The van der Waals surface area contributed by atoms with Crippen molar-refractivity contribution in [3.63, 3.8) is 0 Å². The van der Waals surface area contributed by atoms with E-state index in [0.717, 1.165) is 5.69 Å². The molecule has 1 aromatic carbocycles. The summed E-state index contributed by atoms with van der Waals surface area (Å²) in [6.45, 7) is 1.09. The first kappa shape index (κ1) is 12.3. The number of nitro benzene ring substituents is 1. The number of hydrogen-bond acceptors (Lipinski definition) is 4. The second-order valence-corrected chi connectivity index (χ2v) is 3.99. The molecule has 0 radical (unpaired) electrons. The van der Waals surface area contributed by atoms with Gasteiger partial charge in [0.1, 0.15) is 0 Å². The van der Waals surface area contributed by atoms with Crippen LogP contribution in [0.4, 0.5) is 5.69 Å². The maximum Gasteiger partial charge on any atom is 0.273 e. The summed E-state index contributed by atoms with van der Waals surface area (Å²) in [5, 5.41) is 14.0. The van der Waals surface area contributed by atoms with Gasteiger partial charge in [-0.15, -0.1) is 0 Å². The van der Waals surface area contributed by atoms with Crippen molar-refractivity contribution in [3.8, 4) is 0 Å². The molecule has 0 fully saturated rings. The number of imidazole rings is 1. The van der Waals surface area contributed by atoms with E-state index in [-0.39, 0.29) is 10.6 Å². The third kappa shape index (κ3) is 2.72. The molecule has 1 N–H and O–H groups in total. The fourth-order valence-corrected chi connectivity index (χ4v) is 1.72. The summed E-state index contributed by atoms with van der Waals surface area (Å²) >= 11 is 0. The average molecular weight is 246 g/mol. The van der Waals surface area contributed by atoms with Gasteiger partial charge in [0.2, 0.25) is 0 Å². The summed E-state index contributed by atoms with van der Waals surface area (Å²) < 4.78 is 1.91. The van der Waals surface area contributed by atoms with Crippen molar-refractivity contribution in [1.29, 1.82) is 0 Å². The normalized spacial score (nSPS) is 10.5. The number of para-hydroxylation sites is 1. The van der Waals surface area contributed by atoms with E-state index >= 15 is 0 Å². The monoisotopic (exact) mass is 246 g/mol. The molecule has 0 aliphatic heterocycles. The smallest absolute Gasteiger partial charge is 0.273 e. The second kappa shape index (κ2) is 5.42. The van der Waals surface area contributed by atoms with Crippen LogP contribution in [-0.2, 0) is 20.1 Å². The van der Waals surface area contributed by atoms with Crippen LogP contribution in [0.15, 0.2) is 36.8 Å². The summed E-state index contributed by atoms with van der Waals surface area (Å²) in [6.07, 6.45) is 3.49. The highest BCUT2D eigenvalue weighted by atomic mass is 16.6. The largest absolute Gasteiger partial charge is 0.337 e. The molecule has 0 saturated carbocycles. The Kier molecular flexibility index (Phi) is 3.69. The lowest BCUT2D eigenvalue weighted by Gasteiger charge is -2.06. The van der Waals surface area contributed by atoms with Crippen molar-refractivity contribution in [2.45, 2.75) is 13.1 Å². The van der Waals surface area contributed by atoms with Gasteiger partial charge < -0.3 is 9.88 Å². The van der Waals surface area contributed by atoms with Gasteiger partial charge in [-0.05, 0) is 0 Å². The van der Waals surface area contributed by atoms with Crippen molar-refractivity contribution >= 4 is 5.69 Å². The van der Waals surface area contributed by atoms with Gasteiger partial charge in [-0.2, -0.15) is 0 Å². The van der Waals surface area contributed by atoms with Crippen LogP contribution in [0.1, 0.15) is 11.3 Å². The highest BCUT2D eigenvalue weighted by Crippen LogP contribution is 2.17. The van der Waals surface area contributed by atoms with Crippen LogP contribution >= 0.6 is 0 Å². The van der Waals surface area contributed by atoms with Crippen LogP contribution in [0, 0.1) is 10.1 Å². The molecule has 0 bridgehead atoms. The van der Waals surface area contributed by atoms with E-state index in [2.05, 4.69) is 10.3 Å². The molecular formula is C12H14N4O2. The lowest BCUT2D eigenvalue weighted by atomic mass is 10.2. The molecule has 0 saturated heterocycles. The standard InChI is InChI=1S/C12H14N4O2/c1-15-9-14-8-11(15)7-13-6-10-4-2-3-5-12(10)16(17)18/h2-5,8-9,13H,6-7H2,1H3. The maximum absolute atomic E-state index is 10.8. The minimum absolute atomic E-state index is 0.148. The number of benzene rings is 1. The van der Waals surface area contributed by atoms with Crippen LogP contribution in [0.2, 0.25) is 0 Å². The lowest BCUT2D eigenvalue weighted by molar-refractivity contribution is -0.385. The SMILES string of the molecule is Cn1cncc1CNCc1ccccc1[N+](=O)[O-]. The fraction of sp³-hybridized carbons (Fsp3) is 0.250. The quantitative estimate of drug-likeness (QED) is 0.642. The second-order valence-electron chi connectivity index (χ2n) is 3.99. The minimum atomic E-state index is -0.360. The maximum atomic E-state index is 10.8. The molecule has 1 heterocycles. The summed E-state index contributed by atoms with van der Waals surface area (Å²) in [5.41, 5.74) is 1.87. The Morgan fingerprint density at radius 1 is 1.39 bits per heavy atom. The number of nitrogens with zero attached hydrogens (tertiary/aromatic N) is 3. The van der Waals surface area contributed by atoms with Gasteiger partial charge in [-0.3, -0.25) is 10.1 Å². The lowest BCUT2D eigenvalue weighted by Crippen LogP contribution is -2.15. The van der Waals surface area contributed by atoms with Gasteiger partial charge in [0.25, 0.3) is 5.69 Å². The van der Waals surface area contributed by atoms with Crippen LogP contribution < -0.4 is 5.32 Å². The van der Waals surface area contributed by atoms with E-state index in [1.165, 1.54) is 6.07 Å². The number of hydrogen-bond donors (Lipinski definition) is 1. The van der Waals surface area contributed by atoms with E-state index in [1.807, 2.05) is 11.6 Å². The van der Waals surface area contributed by atoms with Crippen molar-refractivity contribution in [2.75, 3.05) is 0 Å². The molecule has 2 rings (SSSR count). The van der Waals surface area contributed by atoms with Crippen molar-refractivity contribution < 1.29 is 4.92 Å². The molecule has 6 nitrogen and oxygen atoms in total. The van der Waals surface area contributed by atoms with Gasteiger partial charge in [-0.25, -0.2) is 4.98 Å². The van der Waals surface area contributed by atoms with Gasteiger partial charge >= 0.3 is 0 Å². The third-order valence-electron chi connectivity index (χ3n) is 2.73. The summed E-state index contributed by atoms with van der Waals surface area (Å²) in [4.78, 5) is 14.5. The Hall–Kier alpha value is -2.21. The van der Waals surface area contributed by atoms with E-state index in [9.17, 15) is 10.1 Å². The Balaban J connectivity index is 1.99. The Morgan fingerprint density at radius 2 is 2.17 bits per heavy atom.